The third kappa shape index (κ3) is 1.79. The van der Waals surface area contributed by atoms with Gasteiger partial charge in [0.2, 0.25) is 0 Å². The van der Waals surface area contributed by atoms with Crippen LogP contribution in [0.25, 0.3) is 0 Å². The van der Waals surface area contributed by atoms with Crippen LogP contribution in [-0.2, 0) is 4.74 Å². The standard InChI is InChI=1S/C13H26N2O/c1-11-9-15(7-8-16-11)13(10-14)6-4-5-12(13,2)3/h11H,4-10,14H2,1-3H3. The summed E-state index contributed by atoms with van der Waals surface area (Å²) in [4.78, 5) is 2.61. The van der Waals surface area contributed by atoms with Gasteiger partial charge in [0.1, 0.15) is 0 Å². The summed E-state index contributed by atoms with van der Waals surface area (Å²) in [7, 11) is 0. The van der Waals surface area contributed by atoms with Crippen molar-refractivity contribution in [2.24, 2.45) is 11.1 Å². The van der Waals surface area contributed by atoms with Gasteiger partial charge in [-0.1, -0.05) is 20.3 Å². The highest BCUT2D eigenvalue weighted by Crippen LogP contribution is 2.49. The molecular formula is C13H26N2O. The van der Waals surface area contributed by atoms with Gasteiger partial charge < -0.3 is 10.5 Å². The van der Waals surface area contributed by atoms with E-state index in [4.69, 9.17) is 10.5 Å². The molecule has 1 saturated heterocycles. The Labute approximate surface area is 99.3 Å². The Morgan fingerprint density at radius 3 is 2.62 bits per heavy atom. The molecule has 0 radical (unpaired) electrons. The summed E-state index contributed by atoms with van der Waals surface area (Å²) in [6.45, 7) is 10.7. The Hall–Kier alpha value is -0.120. The van der Waals surface area contributed by atoms with Crippen molar-refractivity contribution in [1.82, 2.24) is 4.90 Å². The minimum absolute atomic E-state index is 0.213. The zero-order chi connectivity index (χ0) is 11.8. The van der Waals surface area contributed by atoms with Gasteiger partial charge in [-0.2, -0.15) is 0 Å². The lowest BCUT2D eigenvalue weighted by molar-refractivity contribution is -0.0866. The van der Waals surface area contributed by atoms with E-state index in [2.05, 4.69) is 25.7 Å². The average Bonchev–Trinajstić information content (AvgIpc) is 2.54. The maximum atomic E-state index is 6.14. The quantitative estimate of drug-likeness (QED) is 0.777. The number of hydrogen-bond acceptors (Lipinski definition) is 3. The molecule has 1 aliphatic carbocycles. The molecule has 94 valence electrons. The minimum atomic E-state index is 0.213. The summed E-state index contributed by atoms with van der Waals surface area (Å²) in [6.07, 6.45) is 4.23. The van der Waals surface area contributed by atoms with Crippen LogP contribution in [0.5, 0.6) is 0 Å². The van der Waals surface area contributed by atoms with E-state index in [9.17, 15) is 0 Å². The molecule has 2 N–H and O–H groups in total. The van der Waals surface area contributed by atoms with Gasteiger partial charge in [-0.15, -0.1) is 0 Å². The first-order valence-corrected chi connectivity index (χ1v) is 6.58. The molecule has 3 heteroatoms. The Balaban J connectivity index is 2.20. The molecule has 16 heavy (non-hydrogen) atoms. The van der Waals surface area contributed by atoms with Gasteiger partial charge in [0.05, 0.1) is 12.7 Å². The zero-order valence-electron chi connectivity index (χ0n) is 11.0. The smallest absolute Gasteiger partial charge is 0.0674 e. The highest BCUT2D eigenvalue weighted by molar-refractivity contribution is 5.07. The van der Waals surface area contributed by atoms with Gasteiger partial charge in [0, 0.05) is 25.2 Å². The second-order valence-electron chi connectivity index (χ2n) is 6.10. The molecule has 1 heterocycles. The highest BCUT2D eigenvalue weighted by Gasteiger charge is 2.52. The lowest BCUT2D eigenvalue weighted by atomic mass is 9.73. The van der Waals surface area contributed by atoms with Crippen LogP contribution in [0.4, 0.5) is 0 Å². The summed E-state index contributed by atoms with van der Waals surface area (Å²) >= 11 is 0. The first-order chi connectivity index (χ1) is 7.52. The molecule has 0 aromatic carbocycles. The number of rotatable bonds is 2. The van der Waals surface area contributed by atoms with Crippen LogP contribution in [-0.4, -0.2) is 42.8 Å². The van der Waals surface area contributed by atoms with E-state index in [-0.39, 0.29) is 5.54 Å². The summed E-state index contributed by atoms with van der Waals surface area (Å²) in [5.74, 6) is 0. The SMILES string of the molecule is CC1CN(C2(CN)CCCC2(C)C)CCO1. The van der Waals surface area contributed by atoms with Crippen molar-refractivity contribution in [2.75, 3.05) is 26.2 Å². The Bertz CT molecular complexity index is 254. The second kappa shape index (κ2) is 4.28. The van der Waals surface area contributed by atoms with E-state index in [1.165, 1.54) is 19.3 Å². The fourth-order valence-electron chi connectivity index (χ4n) is 3.69. The predicted molar refractivity (Wildman–Crippen MR) is 66.4 cm³/mol. The lowest BCUT2D eigenvalue weighted by Gasteiger charge is -2.51. The van der Waals surface area contributed by atoms with Crippen LogP contribution < -0.4 is 5.73 Å². The van der Waals surface area contributed by atoms with Crippen molar-refractivity contribution in [3.8, 4) is 0 Å². The summed E-state index contributed by atoms with van der Waals surface area (Å²) in [5.41, 5.74) is 6.70. The number of nitrogens with two attached hydrogens (primary N) is 1. The van der Waals surface area contributed by atoms with Gasteiger partial charge in [-0.05, 0) is 25.2 Å². The molecule has 1 aliphatic heterocycles. The molecule has 1 saturated carbocycles. The summed E-state index contributed by atoms with van der Waals surface area (Å²) < 4.78 is 5.64. The normalized spacial score (nSPS) is 40.1. The van der Waals surface area contributed by atoms with Gasteiger partial charge >= 0.3 is 0 Å². The van der Waals surface area contributed by atoms with Gasteiger partial charge in [0.25, 0.3) is 0 Å². The largest absolute Gasteiger partial charge is 0.376 e. The number of morpholine rings is 1. The molecule has 2 aliphatic rings. The zero-order valence-corrected chi connectivity index (χ0v) is 11.0. The number of nitrogens with zero attached hydrogens (tertiary/aromatic N) is 1. The summed E-state index contributed by atoms with van der Waals surface area (Å²) in [5, 5.41) is 0. The van der Waals surface area contributed by atoms with Gasteiger partial charge in [-0.3, -0.25) is 4.90 Å². The van der Waals surface area contributed by atoms with Crippen molar-refractivity contribution in [3.63, 3.8) is 0 Å². The van der Waals surface area contributed by atoms with Crippen LogP contribution in [0.3, 0.4) is 0 Å². The first-order valence-electron chi connectivity index (χ1n) is 6.58. The van der Waals surface area contributed by atoms with Crippen LogP contribution in [0.2, 0.25) is 0 Å². The maximum Gasteiger partial charge on any atom is 0.0674 e. The van der Waals surface area contributed by atoms with E-state index in [0.29, 0.717) is 11.5 Å². The molecule has 0 spiro atoms. The molecule has 0 bridgehead atoms. The van der Waals surface area contributed by atoms with Crippen LogP contribution in [0.15, 0.2) is 0 Å². The Morgan fingerprint density at radius 2 is 2.12 bits per heavy atom. The number of ether oxygens (including phenoxy) is 1. The molecule has 0 aromatic heterocycles. The number of hydrogen-bond donors (Lipinski definition) is 1. The lowest BCUT2D eigenvalue weighted by Crippen LogP contribution is -2.63. The molecule has 2 fully saturated rings. The molecule has 2 atom stereocenters. The third-order valence-electron chi connectivity index (χ3n) is 4.84. The van der Waals surface area contributed by atoms with Gasteiger partial charge in [-0.25, -0.2) is 0 Å². The third-order valence-corrected chi connectivity index (χ3v) is 4.84. The predicted octanol–water partition coefficient (Wildman–Crippen LogP) is 1.61. The molecular weight excluding hydrogens is 200 g/mol. The topological polar surface area (TPSA) is 38.5 Å². The van der Waals surface area contributed by atoms with E-state index in [1.54, 1.807) is 0 Å². The minimum Gasteiger partial charge on any atom is -0.376 e. The van der Waals surface area contributed by atoms with Crippen molar-refractivity contribution in [1.29, 1.82) is 0 Å². The van der Waals surface area contributed by atoms with Crippen LogP contribution >= 0.6 is 0 Å². The fraction of sp³-hybridized carbons (Fsp3) is 1.00. The van der Waals surface area contributed by atoms with E-state index < -0.39 is 0 Å². The highest BCUT2D eigenvalue weighted by atomic mass is 16.5. The molecule has 0 amide bonds. The first kappa shape index (κ1) is 12.3. The van der Waals surface area contributed by atoms with Crippen molar-refractivity contribution in [3.05, 3.63) is 0 Å². The van der Waals surface area contributed by atoms with E-state index in [0.717, 1.165) is 26.2 Å². The Morgan fingerprint density at radius 1 is 1.38 bits per heavy atom. The second-order valence-corrected chi connectivity index (χ2v) is 6.10. The van der Waals surface area contributed by atoms with E-state index in [1.807, 2.05) is 0 Å². The van der Waals surface area contributed by atoms with Crippen LogP contribution in [0, 0.1) is 5.41 Å². The van der Waals surface area contributed by atoms with Crippen LogP contribution in [0.1, 0.15) is 40.0 Å². The Kier molecular flexibility index (Phi) is 3.30. The molecule has 2 unspecified atom stereocenters. The maximum absolute atomic E-state index is 6.14. The molecule has 2 rings (SSSR count). The monoisotopic (exact) mass is 226 g/mol. The van der Waals surface area contributed by atoms with Crippen molar-refractivity contribution >= 4 is 0 Å². The molecule has 0 aromatic rings. The molecule has 3 nitrogen and oxygen atoms in total. The van der Waals surface area contributed by atoms with Crippen molar-refractivity contribution in [2.45, 2.75) is 51.7 Å². The average molecular weight is 226 g/mol. The van der Waals surface area contributed by atoms with Gasteiger partial charge in [0.15, 0.2) is 0 Å². The van der Waals surface area contributed by atoms with E-state index >= 15 is 0 Å². The fourth-order valence-corrected chi connectivity index (χ4v) is 3.69. The summed E-state index contributed by atoms with van der Waals surface area (Å²) in [6, 6.07) is 0. The van der Waals surface area contributed by atoms with Crippen molar-refractivity contribution < 1.29 is 4.74 Å².